The predicted octanol–water partition coefficient (Wildman–Crippen LogP) is 3.54. The summed E-state index contributed by atoms with van der Waals surface area (Å²) in [6, 6.07) is 6.40. The molecule has 0 aliphatic heterocycles. The van der Waals surface area contributed by atoms with Crippen molar-refractivity contribution in [1.29, 1.82) is 0 Å². The van der Waals surface area contributed by atoms with Crippen LogP contribution in [0.2, 0.25) is 0 Å². The summed E-state index contributed by atoms with van der Waals surface area (Å²) in [6.45, 7) is 13.1. The van der Waals surface area contributed by atoms with Crippen molar-refractivity contribution in [2.45, 2.75) is 52.3 Å². The first-order chi connectivity index (χ1) is 8.75. The number of aryl methyl sites for hydroxylation is 1. The van der Waals surface area contributed by atoms with Crippen molar-refractivity contribution in [2.75, 3.05) is 11.9 Å². The van der Waals surface area contributed by atoms with Crippen molar-refractivity contribution < 1.29 is 4.55 Å². The summed E-state index contributed by atoms with van der Waals surface area (Å²) >= 11 is -1.05. The Bertz CT molecular complexity index is 415. The molecule has 19 heavy (non-hydrogen) atoms. The van der Waals surface area contributed by atoms with E-state index in [9.17, 15) is 4.55 Å². The molecule has 1 aromatic rings. The fraction of sp³-hybridized carbons (Fsp3) is 0.600. The minimum atomic E-state index is -1.05. The van der Waals surface area contributed by atoms with E-state index in [1.54, 1.807) is 0 Å². The Balaban J connectivity index is 2.78. The molecule has 0 aliphatic carbocycles. The largest absolute Gasteiger partial charge is 0.598 e. The van der Waals surface area contributed by atoms with Crippen LogP contribution in [0.4, 0.5) is 5.69 Å². The minimum absolute atomic E-state index is 0.0782. The lowest BCUT2D eigenvalue weighted by Gasteiger charge is -2.26. The average Bonchev–Trinajstić information content (AvgIpc) is 2.30. The van der Waals surface area contributed by atoms with Gasteiger partial charge in [-0.3, -0.25) is 0 Å². The van der Waals surface area contributed by atoms with Gasteiger partial charge in [0.15, 0.2) is 0 Å². The molecule has 0 aliphatic rings. The Labute approximate surface area is 120 Å². The lowest BCUT2D eigenvalue weighted by atomic mass is 10.0. The lowest BCUT2D eigenvalue weighted by Crippen LogP contribution is -2.40. The van der Waals surface area contributed by atoms with Crippen LogP contribution in [0.15, 0.2) is 18.2 Å². The number of benzene rings is 1. The van der Waals surface area contributed by atoms with E-state index in [0.717, 1.165) is 17.8 Å². The van der Waals surface area contributed by atoms with E-state index in [2.05, 4.69) is 42.1 Å². The number of anilines is 1. The van der Waals surface area contributed by atoms with Gasteiger partial charge in [0.2, 0.25) is 0 Å². The van der Waals surface area contributed by atoms with Crippen molar-refractivity contribution in [3.63, 3.8) is 0 Å². The molecule has 4 heteroatoms. The van der Waals surface area contributed by atoms with E-state index in [1.807, 2.05) is 27.7 Å². The van der Waals surface area contributed by atoms with Crippen LogP contribution in [-0.4, -0.2) is 15.8 Å². The Morgan fingerprint density at radius 3 is 2.42 bits per heavy atom. The maximum Gasteiger partial charge on any atom is 0.136 e. The molecule has 1 rings (SSSR count). The predicted molar refractivity (Wildman–Crippen MR) is 84.8 cm³/mol. The molecule has 1 aromatic carbocycles. The summed E-state index contributed by atoms with van der Waals surface area (Å²) in [7, 11) is 0. The zero-order chi connectivity index (χ0) is 14.6. The molecule has 2 N–H and O–H groups in total. The summed E-state index contributed by atoms with van der Waals surface area (Å²) < 4.78 is 15.0. The number of hydrogen-bond donors (Lipinski definition) is 2. The number of rotatable bonds is 5. The Hall–Kier alpha value is -0.710. The molecule has 0 saturated carbocycles. The lowest BCUT2D eigenvalue weighted by molar-refractivity contribution is 0.531. The van der Waals surface area contributed by atoms with Crippen LogP contribution in [0.25, 0.3) is 0 Å². The second-order valence-electron chi connectivity index (χ2n) is 5.83. The van der Waals surface area contributed by atoms with Gasteiger partial charge in [-0.25, -0.2) is 0 Å². The molecular weight excluding hydrogens is 256 g/mol. The van der Waals surface area contributed by atoms with Gasteiger partial charge in [-0.15, -0.1) is 4.72 Å². The summed E-state index contributed by atoms with van der Waals surface area (Å²) in [5, 5.41) is 3.33. The highest BCUT2D eigenvalue weighted by atomic mass is 32.2. The SMILES string of the molecule is CCNc1ccc([C@@H](C)N[S+]([O-])C(C)(C)C)cc1C. The van der Waals surface area contributed by atoms with Gasteiger partial charge in [0.1, 0.15) is 4.75 Å². The van der Waals surface area contributed by atoms with Gasteiger partial charge in [-0.1, -0.05) is 12.1 Å². The van der Waals surface area contributed by atoms with Crippen LogP contribution in [0, 0.1) is 6.92 Å². The second-order valence-corrected chi connectivity index (χ2v) is 7.82. The normalized spacial score (nSPS) is 15.1. The van der Waals surface area contributed by atoms with E-state index in [1.165, 1.54) is 5.56 Å². The van der Waals surface area contributed by atoms with Crippen LogP contribution < -0.4 is 10.0 Å². The molecule has 0 amide bonds. The smallest absolute Gasteiger partial charge is 0.136 e. The van der Waals surface area contributed by atoms with E-state index in [0.29, 0.717) is 0 Å². The highest BCUT2D eigenvalue weighted by Crippen LogP contribution is 2.23. The summed E-state index contributed by atoms with van der Waals surface area (Å²) in [5.41, 5.74) is 3.54. The van der Waals surface area contributed by atoms with Crippen LogP contribution in [0.1, 0.15) is 51.8 Å². The maximum atomic E-state index is 12.1. The van der Waals surface area contributed by atoms with Crippen molar-refractivity contribution in [2.24, 2.45) is 0 Å². The second kappa shape index (κ2) is 6.64. The molecule has 108 valence electrons. The van der Waals surface area contributed by atoms with Crippen molar-refractivity contribution in [1.82, 2.24) is 4.72 Å². The van der Waals surface area contributed by atoms with Gasteiger partial charge in [-0.2, -0.15) is 0 Å². The third-order valence-corrected chi connectivity index (χ3v) is 4.64. The van der Waals surface area contributed by atoms with E-state index in [-0.39, 0.29) is 10.8 Å². The third kappa shape index (κ3) is 4.71. The van der Waals surface area contributed by atoms with Crippen molar-refractivity contribution in [3.05, 3.63) is 29.3 Å². The fourth-order valence-electron chi connectivity index (χ4n) is 1.75. The molecule has 2 atom stereocenters. The van der Waals surface area contributed by atoms with Crippen LogP contribution >= 0.6 is 0 Å². The number of hydrogen-bond acceptors (Lipinski definition) is 3. The van der Waals surface area contributed by atoms with E-state index < -0.39 is 11.4 Å². The molecule has 0 aromatic heterocycles. The van der Waals surface area contributed by atoms with Gasteiger partial charge in [0.05, 0.1) is 6.04 Å². The summed E-state index contributed by atoms with van der Waals surface area (Å²) in [4.78, 5) is 0. The molecular formula is C15H26N2OS. The van der Waals surface area contributed by atoms with Gasteiger partial charge < -0.3 is 9.87 Å². The molecule has 3 nitrogen and oxygen atoms in total. The minimum Gasteiger partial charge on any atom is -0.598 e. The van der Waals surface area contributed by atoms with E-state index >= 15 is 0 Å². The van der Waals surface area contributed by atoms with Gasteiger partial charge in [0, 0.05) is 23.6 Å². The van der Waals surface area contributed by atoms with Crippen molar-refractivity contribution >= 4 is 17.0 Å². The van der Waals surface area contributed by atoms with Gasteiger partial charge in [0.25, 0.3) is 0 Å². The zero-order valence-electron chi connectivity index (χ0n) is 12.8. The number of nitrogens with one attached hydrogen (secondary N) is 2. The topological polar surface area (TPSA) is 47.1 Å². The molecule has 0 fully saturated rings. The Kier molecular flexibility index (Phi) is 5.71. The summed E-state index contributed by atoms with van der Waals surface area (Å²) in [5.74, 6) is 0. The Morgan fingerprint density at radius 1 is 1.32 bits per heavy atom. The van der Waals surface area contributed by atoms with Crippen LogP contribution in [0.5, 0.6) is 0 Å². The average molecular weight is 282 g/mol. The highest BCUT2D eigenvalue weighted by molar-refractivity contribution is 7.90. The Morgan fingerprint density at radius 2 is 1.95 bits per heavy atom. The van der Waals surface area contributed by atoms with Gasteiger partial charge in [-0.05, 0) is 58.7 Å². The van der Waals surface area contributed by atoms with E-state index in [4.69, 9.17) is 0 Å². The molecule has 0 bridgehead atoms. The van der Waals surface area contributed by atoms with Crippen LogP contribution in [0.3, 0.4) is 0 Å². The monoisotopic (exact) mass is 282 g/mol. The molecule has 0 spiro atoms. The highest BCUT2D eigenvalue weighted by Gasteiger charge is 2.28. The first-order valence-electron chi connectivity index (χ1n) is 6.78. The molecule has 0 radical (unpaired) electrons. The van der Waals surface area contributed by atoms with Crippen molar-refractivity contribution in [3.8, 4) is 0 Å². The first kappa shape index (κ1) is 16.3. The molecule has 0 heterocycles. The molecule has 1 unspecified atom stereocenters. The third-order valence-electron chi connectivity index (χ3n) is 2.96. The maximum absolute atomic E-state index is 12.1. The molecule has 0 saturated heterocycles. The quantitative estimate of drug-likeness (QED) is 0.812. The van der Waals surface area contributed by atoms with Gasteiger partial charge >= 0.3 is 0 Å². The fourth-order valence-corrected chi connectivity index (χ4v) is 2.56. The van der Waals surface area contributed by atoms with Crippen LogP contribution in [-0.2, 0) is 11.4 Å². The zero-order valence-corrected chi connectivity index (χ0v) is 13.6. The first-order valence-corrected chi connectivity index (χ1v) is 7.93. The summed E-state index contributed by atoms with van der Waals surface area (Å²) in [6.07, 6.45) is 0. The standard InChI is InChI=1S/C15H26N2OS/c1-7-16-14-9-8-13(10-11(14)2)12(3)17-19(18)15(4,5)6/h8-10,12,16-17H,7H2,1-6H3/t12-,19?/m1/s1.